The van der Waals surface area contributed by atoms with E-state index in [4.69, 9.17) is 29.9 Å². The molecule has 13 rings (SSSR count). The fourth-order valence-corrected chi connectivity index (χ4v) is 11.4. The number of hydrogen-bond acceptors (Lipinski definition) is 14. The van der Waals surface area contributed by atoms with Gasteiger partial charge in [-0.1, -0.05) is 24.3 Å². The Morgan fingerprint density at radius 1 is 0.306 bits per heavy atom. The van der Waals surface area contributed by atoms with Gasteiger partial charge in [0.2, 0.25) is 0 Å². The maximum Gasteiger partial charge on any atom is 0.294 e. The van der Waals surface area contributed by atoms with Crippen molar-refractivity contribution in [3.63, 3.8) is 0 Å². The topological polar surface area (TPSA) is 326 Å². The molecule has 0 radical (unpaired) electrons. The first kappa shape index (κ1) is 43.8. The zero-order chi connectivity index (χ0) is 50.0. The number of hydrogen-bond donors (Lipinski definition) is 6. The predicted octanol–water partition coefficient (Wildman–Crippen LogP) is 8.37. The van der Waals surface area contributed by atoms with Gasteiger partial charge in [0.25, 0.3) is 40.5 Å². The minimum atomic E-state index is -4.61. The summed E-state index contributed by atoms with van der Waals surface area (Å²) in [6, 6.07) is 29.9. The third kappa shape index (κ3) is 7.07. The Morgan fingerprint density at radius 3 is 1.01 bits per heavy atom. The molecule has 2 aromatic heterocycles. The van der Waals surface area contributed by atoms with Crippen molar-refractivity contribution in [2.45, 2.75) is 19.6 Å². The van der Waals surface area contributed by atoms with Crippen LogP contribution in [-0.2, 0) is 40.5 Å². The monoisotopic (exact) mass is 1030 g/mol. The Hall–Kier alpha value is -8.20. The zero-order valence-electron chi connectivity index (χ0n) is 35.9. The van der Waals surface area contributed by atoms with E-state index in [1.807, 2.05) is 0 Å². The van der Waals surface area contributed by atoms with Gasteiger partial charge in [-0.3, -0.25) is 18.2 Å². The van der Waals surface area contributed by atoms with Crippen LogP contribution in [0.4, 0.5) is 0 Å². The first-order valence-corrected chi connectivity index (χ1v) is 26.9. The minimum Gasteiger partial charge on any atom is -0.325 e. The summed E-state index contributed by atoms with van der Waals surface area (Å²) in [7, 11) is -18.4. The number of rotatable bonds is 4. The second kappa shape index (κ2) is 14.7. The number of benzene rings is 8. The molecule has 8 bridgehead atoms. The fraction of sp³-hybridized carbons (Fsp3) is 0. The maximum absolute atomic E-state index is 12.3. The molecule has 3 aliphatic heterocycles. The van der Waals surface area contributed by atoms with E-state index in [0.717, 1.165) is 0 Å². The minimum absolute atomic E-state index is 0.0788. The molecule has 0 fully saturated rings. The van der Waals surface area contributed by atoms with Crippen LogP contribution in [0.5, 0.6) is 0 Å². The van der Waals surface area contributed by atoms with Crippen LogP contribution in [-0.4, -0.2) is 91.8 Å². The fourth-order valence-electron chi connectivity index (χ4n) is 9.32. The summed E-state index contributed by atoms with van der Waals surface area (Å²) in [5.41, 5.74) is 3.11. The molecule has 10 aromatic rings. The van der Waals surface area contributed by atoms with Crippen molar-refractivity contribution in [1.29, 1.82) is 0 Å². The highest BCUT2D eigenvalue weighted by atomic mass is 32.2. The lowest BCUT2D eigenvalue weighted by Crippen LogP contribution is -1.97. The quantitative estimate of drug-likeness (QED) is 0.0901. The lowest BCUT2D eigenvalue weighted by molar-refractivity contribution is 0.481. The first-order chi connectivity index (χ1) is 34.1. The standard InChI is InChI=1S/C48H26N8O12S4/c57-69(58,59)29-5-1-21-13-33-37(17-25(21)9-29)45-49-41(33)53-46-38-18-26-10-30(70(60,61)62)6-2-22(26)14-34(38)43(50-46)55-48-40-20-28-12-32(72(66,67)68)8-4-24(28)16-36(40)44(52-48)56-47-39-19-27-11-31(71(63,64)65)7-3-23(27)15-35(39)42(51-47)54-45/h1-20H,(H,57,58,59)(H,60,61,62)(H,63,64,65)(H,66,67,68)(H2,49,50,51,52,53,54,55,56). The van der Waals surface area contributed by atoms with E-state index in [1.54, 1.807) is 48.5 Å². The molecule has 0 aliphatic carbocycles. The van der Waals surface area contributed by atoms with E-state index in [-0.39, 0.29) is 60.2 Å². The lowest BCUT2D eigenvalue weighted by atomic mass is 10.0. The molecule has 3 aliphatic rings. The van der Waals surface area contributed by atoms with Crippen LogP contribution in [0.2, 0.25) is 0 Å². The van der Waals surface area contributed by atoms with Crippen LogP contribution in [0, 0.1) is 0 Å². The summed E-state index contributed by atoms with van der Waals surface area (Å²) in [6.45, 7) is 0. The second-order valence-corrected chi connectivity index (χ2v) is 22.8. The highest BCUT2D eigenvalue weighted by Gasteiger charge is 2.28. The molecule has 0 unspecified atom stereocenters. The Morgan fingerprint density at radius 2 is 0.611 bits per heavy atom. The molecule has 6 N–H and O–H groups in total. The van der Waals surface area contributed by atoms with Gasteiger partial charge >= 0.3 is 0 Å². The van der Waals surface area contributed by atoms with E-state index >= 15 is 0 Å². The van der Waals surface area contributed by atoms with E-state index < -0.39 is 40.5 Å². The molecule has 0 saturated carbocycles. The summed E-state index contributed by atoms with van der Waals surface area (Å²) < 4.78 is 138. The summed E-state index contributed by atoms with van der Waals surface area (Å²) in [6.07, 6.45) is 0. The average molecular weight is 1040 g/mol. The molecule has 0 saturated heterocycles. The maximum atomic E-state index is 12.3. The predicted molar refractivity (Wildman–Crippen MR) is 264 cm³/mol. The normalized spacial score (nSPS) is 13.2. The second-order valence-electron chi connectivity index (χ2n) is 17.1. The molecule has 20 nitrogen and oxygen atoms in total. The van der Waals surface area contributed by atoms with Crippen molar-refractivity contribution < 1.29 is 51.9 Å². The smallest absolute Gasteiger partial charge is 0.294 e. The van der Waals surface area contributed by atoms with Crippen LogP contribution in [0.25, 0.3) is 133 Å². The molecular weight excluding hydrogens is 1010 g/mol. The highest BCUT2D eigenvalue weighted by Crippen LogP contribution is 2.44. The Balaban J connectivity index is 1.18. The number of fused-ring (bicyclic) bond motifs is 24. The van der Waals surface area contributed by atoms with Crippen LogP contribution < -0.4 is 0 Å². The van der Waals surface area contributed by atoms with Gasteiger partial charge in [0.05, 0.1) is 19.6 Å². The molecule has 8 aromatic carbocycles. The van der Waals surface area contributed by atoms with Crippen LogP contribution >= 0.6 is 0 Å². The molecular formula is C48H26N8O12S4. The zero-order valence-corrected chi connectivity index (χ0v) is 39.2. The van der Waals surface area contributed by atoms with E-state index in [1.165, 1.54) is 72.8 Å². The van der Waals surface area contributed by atoms with Crippen LogP contribution in [0.15, 0.2) is 141 Å². The number of aromatic nitrogens is 8. The van der Waals surface area contributed by atoms with Gasteiger partial charge in [-0.05, 0) is 140 Å². The van der Waals surface area contributed by atoms with Crippen molar-refractivity contribution in [2.75, 3.05) is 0 Å². The van der Waals surface area contributed by atoms with E-state index in [0.29, 0.717) is 92.9 Å². The largest absolute Gasteiger partial charge is 0.325 e. The number of nitrogens with zero attached hydrogens (tertiary/aromatic N) is 6. The van der Waals surface area contributed by atoms with Crippen molar-refractivity contribution in [2.24, 2.45) is 0 Å². The van der Waals surface area contributed by atoms with Crippen molar-refractivity contribution in [1.82, 2.24) is 39.9 Å². The summed E-state index contributed by atoms with van der Waals surface area (Å²) in [5, 5.41) is 4.85. The molecule has 0 amide bonds. The number of H-pyrrole nitrogens is 2. The van der Waals surface area contributed by atoms with Crippen molar-refractivity contribution >= 4 is 106 Å². The molecule has 0 spiro atoms. The van der Waals surface area contributed by atoms with Crippen molar-refractivity contribution in [3.8, 4) is 68.3 Å². The van der Waals surface area contributed by atoms with Crippen LogP contribution in [0.1, 0.15) is 0 Å². The highest BCUT2D eigenvalue weighted by molar-refractivity contribution is 7.86. The lowest BCUT2D eigenvalue weighted by Gasteiger charge is -2.06. The van der Waals surface area contributed by atoms with Crippen LogP contribution in [0.3, 0.4) is 0 Å². The Labute approximate surface area is 404 Å². The summed E-state index contributed by atoms with van der Waals surface area (Å²) in [4.78, 5) is 35.2. The SMILES string of the molecule is O=S(=O)(O)c1ccc2cc3c(cc2c1)-c1nc2nc(nc4nc([nH]c5[nH]c(nc-3n1)c1cc3cc(S(=O)(=O)O)ccc3cc51)-c1cc3cc(S(=O)(=O)O)ccc3cc1-4)-c1cc3cc(S(=O)(=O)O)ccc3cc1-2. The van der Waals surface area contributed by atoms with Gasteiger partial charge < -0.3 is 9.97 Å². The van der Waals surface area contributed by atoms with Gasteiger partial charge in [-0.15, -0.1) is 0 Å². The van der Waals surface area contributed by atoms with Gasteiger partial charge in [0, 0.05) is 44.2 Å². The van der Waals surface area contributed by atoms with Gasteiger partial charge in [-0.2, -0.15) is 33.7 Å². The average Bonchev–Trinajstić information content (AvgIpc) is 4.04. The third-order valence-electron chi connectivity index (χ3n) is 12.7. The first-order valence-electron chi connectivity index (χ1n) is 21.1. The molecule has 24 heteroatoms. The van der Waals surface area contributed by atoms with Gasteiger partial charge in [0.1, 0.15) is 17.1 Å². The Bertz CT molecular complexity index is 4950. The molecule has 354 valence electrons. The molecule has 0 atom stereocenters. The third-order valence-corrected chi connectivity index (χ3v) is 16.1. The summed E-state index contributed by atoms with van der Waals surface area (Å²) in [5.74, 6) is 0.723. The van der Waals surface area contributed by atoms with E-state index in [2.05, 4.69) is 9.97 Å². The molecule has 72 heavy (non-hydrogen) atoms. The molecule has 5 heterocycles. The van der Waals surface area contributed by atoms with Gasteiger partial charge in [0.15, 0.2) is 29.1 Å². The number of nitrogens with one attached hydrogen (secondary N) is 2. The van der Waals surface area contributed by atoms with Gasteiger partial charge in [-0.25, -0.2) is 29.9 Å². The van der Waals surface area contributed by atoms with E-state index in [9.17, 15) is 51.9 Å². The van der Waals surface area contributed by atoms with Crippen molar-refractivity contribution in [3.05, 3.63) is 121 Å². The number of aromatic amines is 2. The summed E-state index contributed by atoms with van der Waals surface area (Å²) >= 11 is 0. The Kier molecular flexibility index (Phi) is 8.93.